The molecule has 2 N–H and O–H groups in total. The second-order valence-electron chi connectivity index (χ2n) is 9.20. The van der Waals surface area contributed by atoms with Gasteiger partial charge in [-0.1, -0.05) is 29.8 Å². The number of hydrogen-bond donors (Lipinski definition) is 2. The van der Waals surface area contributed by atoms with Crippen LogP contribution < -0.4 is 5.32 Å². The Morgan fingerprint density at radius 2 is 1.74 bits per heavy atom. The van der Waals surface area contributed by atoms with Crippen LogP contribution in [0.2, 0.25) is 5.15 Å². The third-order valence-corrected chi connectivity index (χ3v) is 6.55. The lowest BCUT2D eigenvalue weighted by molar-refractivity contribution is 0.0691. The van der Waals surface area contributed by atoms with Gasteiger partial charge in [0.25, 0.3) is 0 Å². The zero-order valence-electron chi connectivity index (χ0n) is 21.0. The van der Waals surface area contributed by atoms with Crippen LogP contribution in [-0.2, 0) is 0 Å². The lowest BCUT2D eigenvalue weighted by atomic mass is 9.93. The Bertz CT molecular complexity index is 1690. The first-order chi connectivity index (χ1) is 18.2. The number of pyridine rings is 3. The van der Waals surface area contributed by atoms with Crippen LogP contribution in [0.4, 0.5) is 10.1 Å². The van der Waals surface area contributed by atoms with Crippen molar-refractivity contribution in [1.82, 2.24) is 15.0 Å². The molecule has 6 nitrogen and oxygen atoms in total. The van der Waals surface area contributed by atoms with E-state index < -0.39 is 5.97 Å². The lowest BCUT2D eigenvalue weighted by Crippen LogP contribution is -2.13. The summed E-state index contributed by atoms with van der Waals surface area (Å²) < 4.78 is 13.8. The first kappa shape index (κ1) is 25.3. The van der Waals surface area contributed by atoms with Crippen LogP contribution in [0.1, 0.15) is 40.3 Å². The minimum atomic E-state index is -1.17. The maximum atomic E-state index is 13.8. The van der Waals surface area contributed by atoms with Gasteiger partial charge < -0.3 is 10.4 Å². The number of rotatable bonds is 6. The smallest absolute Gasteiger partial charge is 0.356 e. The van der Waals surface area contributed by atoms with Crippen LogP contribution in [0, 0.1) is 19.7 Å². The van der Waals surface area contributed by atoms with Gasteiger partial charge in [-0.25, -0.2) is 19.2 Å². The number of aromatic nitrogens is 3. The number of anilines is 1. The summed E-state index contributed by atoms with van der Waals surface area (Å²) in [6.07, 6.45) is 1.75. The highest BCUT2D eigenvalue weighted by molar-refractivity contribution is 6.29. The topological polar surface area (TPSA) is 88.0 Å². The molecule has 0 radical (unpaired) electrons. The van der Waals surface area contributed by atoms with Crippen LogP contribution in [0.3, 0.4) is 0 Å². The molecule has 0 bridgehead atoms. The predicted octanol–water partition coefficient (Wildman–Crippen LogP) is 7.64. The molecule has 3 heterocycles. The SMILES string of the molecule is Cc1cc(C(C)Nc2ccc(Cl)nc2C(=O)O)c2cc(-c3ccc(F)cc3)c(-c3ccnc(C)c3)nc2c1. The summed E-state index contributed by atoms with van der Waals surface area (Å²) in [6.45, 7) is 5.87. The molecule has 0 aliphatic carbocycles. The van der Waals surface area contributed by atoms with Gasteiger partial charge in [0, 0.05) is 34.4 Å². The zero-order valence-corrected chi connectivity index (χ0v) is 21.7. The monoisotopic (exact) mass is 526 g/mol. The van der Waals surface area contributed by atoms with Gasteiger partial charge in [0.15, 0.2) is 5.69 Å². The maximum Gasteiger partial charge on any atom is 0.356 e. The number of aromatic carboxylic acids is 1. The number of fused-ring (bicyclic) bond motifs is 1. The molecule has 0 saturated carbocycles. The summed E-state index contributed by atoms with van der Waals surface area (Å²) in [7, 11) is 0. The van der Waals surface area contributed by atoms with Crippen molar-refractivity contribution in [2.24, 2.45) is 0 Å². The normalized spacial score (nSPS) is 11.9. The molecule has 2 aromatic carbocycles. The molecule has 38 heavy (non-hydrogen) atoms. The van der Waals surface area contributed by atoms with E-state index in [1.54, 1.807) is 30.5 Å². The summed E-state index contributed by atoms with van der Waals surface area (Å²) in [4.78, 5) is 25.1. The number of aryl methyl sites for hydroxylation is 2. The molecule has 5 rings (SSSR count). The molecule has 5 aromatic rings. The summed E-state index contributed by atoms with van der Waals surface area (Å²) in [6, 6.07) is 19.2. The molecule has 0 saturated heterocycles. The zero-order chi connectivity index (χ0) is 27.0. The Balaban J connectivity index is 1.70. The maximum absolute atomic E-state index is 13.8. The first-order valence-electron chi connectivity index (χ1n) is 12.0. The van der Waals surface area contributed by atoms with Gasteiger partial charge in [0.05, 0.1) is 16.9 Å². The van der Waals surface area contributed by atoms with Crippen molar-refractivity contribution in [2.75, 3.05) is 5.32 Å². The van der Waals surface area contributed by atoms with Crippen molar-refractivity contribution in [3.05, 3.63) is 106 Å². The van der Waals surface area contributed by atoms with Crippen LogP contribution >= 0.6 is 11.6 Å². The third-order valence-electron chi connectivity index (χ3n) is 6.34. The number of nitrogens with zero attached hydrogens (tertiary/aromatic N) is 3. The van der Waals surface area contributed by atoms with Crippen LogP contribution in [0.15, 0.2) is 72.9 Å². The Kier molecular flexibility index (Phi) is 6.78. The van der Waals surface area contributed by atoms with E-state index in [1.807, 2.05) is 39.0 Å². The average molecular weight is 527 g/mol. The minimum absolute atomic E-state index is 0.105. The molecule has 0 amide bonds. The molecule has 1 unspecified atom stereocenters. The Hall–Kier alpha value is -4.36. The molecular formula is C30H24ClFN4O2. The van der Waals surface area contributed by atoms with Gasteiger partial charge in [-0.3, -0.25) is 4.98 Å². The van der Waals surface area contributed by atoms with Crippen molar-refractivity contribution in [3.8, 4) is 22.4 Å². The number of nitrogens with one attached hydrogen (secondary N) is 1. The second kappa shape index (κ2) is 10.2. The van der Waals surface area contributed by atoms with E-state index in [9.17, 15) is 14.3 Å². The van der Waals surface area contributed by atoms with Gasteiger partial charge in [-0.15, -0.1) is 0 Å². The van der Waals surface area contributed by atoms with Crippen LogP contribution in [0.5, 0.6) is 0 Å². The molecular weight excluding hydrogens is 503 g/mol. The fraction of sp³-hybridized carbons (Fsp3) is 0.133. The van der Waals surface area contributed by atoms with E-state index in [1.165, 1.54) is 12.1 Å². The number of hydrogen-bond acceptors (Lipinski definition) is 5. The molecule has 0 spiro atoms. The molecule has 1 atom stereocenters. The van der Waals surface area contributed by atoms with Crippen molar-refractivity contribution in [1.29, 1.82) is 0 Å². The van der Waals surface area contributed by atoms with E-state index in [0.29, 0.717) is 5.69 Å². The number of carbonyl (C=O) groups is 1. The van der Waals surface area contributed by atoms with Gasteiger partial charge in [-0.2, -0.15) is 0 Å². The summed E-state index contributed by atoms with van der Waals surface area (Å²) in [5.41, 5.74) is 7.15. The largest absolute Gasteiger partial charge is 0.476 e. The second-order valence-corrected chi connectivity index (χ2v) is 9.59. The Morgan fingerprint density at radius 1 is 0.974 bits per heavy atom. The minimum Gasteiger partial charge on any atom is -0.476 e. The Morgan fingerprint density at radius 3 is 2.45 bits per heavy atom. The van der Waals surface area contributed by atoms with Crippen molar-refractivity contribution in [3.63, 3.8) is 0 Å². The molecule has 0 aliphatic heterocycles. The molecule has 0 fully saturated rings. The molecule has 8 heteroatoms. The van der Waals surface area contributed by atoms with E-state index in [4.69, 9.17) is 16.6 Å². The summed E-state index contributed by atoms with van der Waals surface area (Å²) in [5.74, 6) is -1.49. The third kappa shape index (κ3) is 5.06. The van der Waals surface area contributed by atoms with Crippen molar-refractivity contribution < 1.29 is 14.3 Å². The Labute approximate surface area is 224 Å². The van der Waals surface area contributed by atoms with Crippen molar-refractivity contribution in [2.45, 2.75) is 26.8 Å². The van der Waals surface area contributed by atoms with Crippen LogP contribution in [-0.4, -0.2) is 26.0 Å². The highest BCUT2D eigenvalue weighted by Gasteiger charge is 2.19. The number of halogens is 2. The number of carboxylic acid groups (broad SMARTS) is 1. The lowest BCUT2D eigenvalue weighted by Gasteiger charge is -2.21. The van der Waals surface area contributed by atoms with Gasteiger partial charge >= 0.3 is 5.97 Å². The summed E-state index contributed by atoms with van der Waals surface area (Å²) in [5, 5.41) is 13.9. The highest BCUT2D eigenvalue weighted by Crippen LogP contribution is 2.37. The average Bonchev–Trinajstić information content (AvgIpc) is 2.89. The van der Waals surface area contributed by atoms with Crippen LogP contribution in [0.25, 0.3) is 33.3 Å². The number of benzene rings is 2. The molecule has 3 aromatic heterocycles. The van der Waals surface area contributed by atoms with E-state index in [-0.39, 0.29) is 22.7 Å². The van der Waals surface area contributed by atoms with E-state index in [0.717, 1.165) is 50.1 Å². The van der Waals surface area contributed by atoms with Gasteiger partial charge in [-0.05, 0) is 86.0 Å². The molecule has 190 valence electrons. The van der Waals surface area contributed by atoms with E-state index >= 15 is 0 Å². The van der Waals surface area contributed by atoms with Crippen molar-refractivity contribution >= 4 is 34.2 Å². The molecule has 0 aliphatic rings. The fourth-order valence-corrected chi connectivity index (χ4v) is 4.74. The highest BCUT2D eigenvalue weighted by atomic mass is 35.5. The summed E-state index contributed by atoms with van der Waals surface area (Å²) >= 11 is 5.94. The quantitative estimate of drug-likeness (QED) is 0.221. The fourth-order valence-electron chi connectivity index (χ4n) is 4.60. The number of carboxylic acids is 1. The van der Waals surface area contributed by atoms with Gasteiger partial charge in [0.1, 0.15) is 11.0 Å². The predicted molar refractivity (Wildman–Crippen MR) is 148 cm³/mol. The van der Waals surface area contributed by atoms with E-state index in [2.05, 4.69) is 27.4 Å². The standard InChI is InChI=1S/C30H24ClFN4O2/c1-16-12-22(18(3)34-25-8-9-27(31)36-29(25)30(37)38)24-15-23(19-4-6-21(32)7-5-19)28(35-26(24)13-16)20-10-11-33-17(2)14-20/h4-15,18,34H,1-3H3,(H,37,38). The first-order valence-corrected chi connectivity index (χ1v) is 12.4. The van der Waals surface area contributed by atoms with Gasteiger partial charge in [0.2, 0.25) is 0 Å².